The van der Waals surface area contributed by atoms with E-state index in [4.69, 9.17) is 4.74 Å². The second-order valence-corrected chi connectivity index (χ2v) is 4.05. The van der Waals surface area contributed by atoms with Gasteiger partial charge in [0.2, 0.25) is 0 Å². The lowest BCUT2D eigenvalue weighted by Crippen LogP contribution is -1.91. The quantitative estimate of drug-likeness (QED) is 0.852. The van der Waals surface area contributed by atoms with Crippen LogP contribution in [0, 0.1) is 5.82 Å². The normalized spacial score (nSPS) is 10.9. The Morgan fingerprint density at radius 3 is 2.93 bits per heavy atom. The number of fused-ring (bicyclic) bond motifs is 1. The largest absolute Gasteiger partial charge is 0.494 e. The van der Waals surface area contributed by atoms with Gasteiger partial charge in [-0.05, 0) is 24.1 Å². The Kier molecular flexibility index (Phi) is 2.95. The van der Waals surface area contributed by atoms with Gasteiger partial charge in [-0.3, -0.25) is 0 Å². The van der Waals surface area contributed by atoms with Crippen LogP contribution in [0.25, 0.3) is 10.9 Å². The summed E-state index contributed by atoms with van der Waals surface area (Å²) in [5, 5.41) is 1.45. The van der Waals surface area contributed by atoms with Crippen molar-refractivity contribution in [3.63, 3.8) is 0 Å². The summed E-state index contributed by atoms with van der Waals surface area (Å²) in [5.41, 5.74) is 1.78. The van der Waals surface area contributed by atoms with Crippen LogP contribution < -0.4 is 4.74 Å². The van der Waals surface area contributed by atoms with E-state index in [0.29, 0.717) is 5.39 Å². The molecule has 0 saturated carbocycles. The summed E-state index contributed by atoms with van der Waals surface area (Å²) in [6.07, 6.45) is 2.64. The molecule has 1 heterocycles. The van der Waals surface area contributed by atoms with Gasteiger partial charge in [-0.2, -0.15) is 0 Å². The number of H-pyrrole nitrogens is 1. The number of aromatic nitrogens is 1. The molecule has 0 saturated heterocycles. The predicted molar refractivity (Wildman–Crippen MR) is 62.3 cm³/mol. The highest BCUT2D eigenvalue weighted by molar-refractivity contribution is 9.09. The van der Waals surface area contributed by atoms with Gasteiger partial charge in [0.25, 0.3) is 0 Å². The van der Waals surface area contributed by atoms with E-state index in [0.717, 1.165) is 22.8 Å². The average molecular weight is 272 g/mol. The third-order valence-corrected chi connectivity index (χ3v) is 2.81. The number of alkyl halides is 1. The summed E-state index contributed by atoms with van der Waals surface area (Å²) in [7, 11) is 1.47. The van der Waals surface area contributed by atoms with E-state index in [1.165, 1.54) is 7.11 Å². The molecule has 80 valence electrons. The first-order valence-electron chi connectivity index (χ1n) is 4.66. The van der Waals surface area contributed by atoms with Crippen molar-refractivity contribution in [1.82, 2.24) is 4.98 Å². The number of benzene rings is 1. The van der Waals surface area contributed by atoms with Crippen LogP contribution in [0.4, 0.5) is 4.39 Å². The van der Waals surface area contributed by atoms with Gasteiger partial charge in [0.05, 0.1) is 7.11 Å². The minimum atomic E-state index is -0.285. The fourth-order valence-electron chi connectivity index (χ4n) is 1.68. The monoisotopic (exact) mass is 271 g/mol. The minimum Gasteiger partial charge on any atom is -0.494 e. The maximum atomic E-state index is 13.9. The first-order chi connectivity index (χ1) is 7.27. The van der Waals surface area contributed by atoms with Crippen LogP contribution in [-0.2, 0) is 6.42 Å². The zero-order valence-corrected chi connectivity index (χ0v) is 9.90. The van der Waals surface area contributed by atoms with E-state index in [1.807, 2.05) is 12.3 Å². The van der Waals surface area contributed by atoms with Crippen molar-refractivity contribution in [3.05, 3.63) is 29.7 Å². The average Bonchev–Trinajstić information content (AvgIpc) is 2.64. The maximum absolute atomic E-state index is 13.9. The summed E-state index contributed by atoms with van der Waals surface area (Å²) < 4.78 is 18.9. The van der Waals surface area contributed by atoms with Crippen molar-refractivity contribution in [2.24, 2.45) is 0 Å². The third-order valence-electron chi connectivity index (χ3n) is 2.41. The SMILES string of the molecule is COc1ccc2[nH]cc(CCBr)c2c1F. The van der Waals surface area contributed by atoms with Crippen molar-refractivity contribution >= 4 is 26.8 Å². The Bertz CT molecular complexity index is 481. The lowest BCUT2D eigenvalue weighted by Gasteiger charge is -2.03. The molecular formula is C11H11BrFNO. The smallest absolute Gasteiger partial charge is 0.174 e. The molecule has 0 aliphatic rings. The van der Waals surface area contributed by atoms with E-state index in [9.17, 15) is 4.39 Å². The summed E-state index contributed by atoms with van der Waals surface area (Å²) in [5.74, 6) is 0.00474. The van der Waals surface area contributed by atoms with Crippen molar-refractivity contribution in [3.8, 4) is 5.75 Å². The number of aryl methyl sites for hydroxylation is 1. The minimum absolute atomic E-state index is 0.285. The predicted octanol–water partition coefficient (Wildman–Crippen LogP) is 3.25. The molecule has 0 amide bonds. The van der Waals surface area contributed by atoms with Crippen molar-refractivity contribution in [2.75, 3.05) is 12.4 Å². The van der Waals surface area contributed by atoms with E-state index >= 15 is 0 Å². The molecule has 0 fully saturated rings. The Hall–Kier alpha value is -1.03. The molecule has 1 aromatic heterocycles. The lowest BCUT2D eigenvalue weighted by atomic mass is 10.1. The van der Waals surface area contributed by atoms with E-state index < -0.39 is 0 Å². The first-order valence-corrected chi connectivity index (χ1v) is 5.78. The van der Waals surface area contributed by atoms with Crippen LogP contribution in [0.5, 0.6) is 5.75 Å². The molecule has 4 heteroatoms. The number of aromatic amines is 1. The summed E-state index contributed by atoms with van der Waals surface area (Å²) in [6, 6.07) is 3.46. The number of hydrogen-bond donors (Lipinski definition) is 1. The summed E-state index contributed by atoms with van der Waals surface area (Å²) in [6.45, 7) is 0. The van der Waals surface area contributed by atoms with Crippen LogP contribution in [-0.4, -0.2) is 17.4 Å². The number of methoxy groups -OCH3 is 1. The Balaban J connectivity index is 2.65. The van der Waals surface area contributed by atoms with Gasteiger partial charge in [-0.25, -0.2) is 4.39 Å². The molecular weight excluding hydrogens is 261 g/mol. The molecule has 1 N–H and O–H groups in total. The van der Waals surface area contributed by atoms with Crippen LogP contribution in [0.2, 0.25) is 0 Å². The Morgan fingerprint density at radius 1 is 1.47 bits per heavy atom. The Labute approximate surface area is 95.6 Å². The Morgan fingerprint density at radius 2 is 2.27 bits per heavy atom. The highest BCUT2D eigenvalue weighted by atomic mass is 79.9. The highest BCUT2D eigenvalue weighted by Gasteiger charge is 2.12. The van der Waals surface area contributed by atoms with Gasteiger partial charge >= 0.3 is 0 Å². The number of hydrogen-bond acceptors (Lipinski definition) is 1. The van der Waals surface area contributed by atoms with E-state index in [1.54, 1.807) is 6.07 Å². The van der Waals surface area contributed by atoms with Crippen molar-refractivity contribution < 1.29 is 9.13 Å². The third kappa shape index (κ3) is 1.74. The van der Waals surface area contributed by atoms with Gasteiger partial charge in [0, 0.05) is 22.4 Å². The van der Waals surface area contributed by atoms with Gasteiger partial charge in [0.15, 0.2) is 11.6 Å². The van der Waals surface area contributed by atoms with Crippen LogP contribution in [0.3, 0.4) is 0 Å². The molecule has 2 nitrogen and oxygen atoms in total. The molecule has 2 aromatic rings. The standard InChI is InChI=1S/C11H11BrFNO/c1-15-9-3-2-8-10(11(9)13)7(4-5-12)6-14-8/h2-3,6,14H,4-5H2,1H3. The number of halogens is 2. The van der Waals surface area contributed by atoms with Crippen molar-refractivity contribution in [2.45, 2.75) is 6.42 Å². The van der Waals surface area contributed by atoms with Gasteiger partial charge in [-0.15, -0.1) is 0 Å². The molecule has 0 bridgehead atoms. The zero-order valence-electron chi connectivity index (χ0n) is 8.31. The van der Waals surface area contributed by atoms with Crippen LogP contribution in [0.15, 0.2) is 18.3 Å². The molecule has 0 atom stereocenters. The van der Waals surface area contributed by atoms with Crippen LogP contribution in [0.1, 0.15) is 5.56 Å². The topological polar surface area (TPSA) is 25.0 Å². The zero-order chi connectivity index (χ0) is 10.8. The highest BCUT2D eigenvalue weighted by Crippen LogP contribution is 2.28. The molecule has 0 unspecified atom stereocenters. The second kappa shape index (κ2) is 4.23. The van der Waals surface area contributed by atoms with E-state index in [2.05, 4.69) is 20.9 Å². The summed E-state index contributed by atoms with van der Waals surface area (Å²) >= 11 is 3.35. The number of rotatable bonds is 3. The van der Waals surface area contributed by atoms with Gasteiger partial charge in [-0.1, -0.05) is 15.9 Å². The maximum Gasteiger partial charge on any atom is 0.174 e. The van der Waals surface area contributed by atoms with Gasteiger partial charge in [0.1, 0.15) is 0 Å². The molecule has 0 radical (unpaired) electrons. The molecule has 15 heavy (non-hydrogen) atoms. The van der Waals surface area contributed by atoms with E-state index in [-0.39, 0.29) is 11.6 Å². The molecule has 2 rings (SSSR count). The second-order valence-electron chi connectivity index (χ2n) is 3.26. The lowest BCUT2D eigenvalue weighted by molar-refractivity contribution is 0.389. The number of ether oxygens (including phenoxy) is 1. The fraction of sp³-hybridized carbons (Fsp3) is 0.273. The molecule has 0 aliphatic heterocycles. The fourth-order valence-corrected chi connectivity index (χ4v) is 2.11. The van der Waals surface area contributed by atoms with Crippen LogP contribution >= 0.6 is 15.9 Å². The molecule has 1 aromatic carbocycles. The van der Waals surface area contributed by atoms with Gasteiger partial charge < -0.3 is 9.72 Å². The summed E-state index contributed by atoms with van der Waals surface area (Å²) in [4.78, 5) is 3.05. The molecule has 0 spiro atoms. The number of nitrogens with one attached hydrogen (secondary N) is 1. The van der Waals surface area contributed by atoms with Crippen molar-refractivity contribution in [1.29, 1.82) is 0 Å². The molecule has 0 aliphatic carbocycles. The first kappa shape index (κ1) is 10.5.